The summed E-state index contributed by atoms with van der Waals surface area (Å²) >= 11 is 0. The molecule has 0 saturated carbocycles. The van der Waals surface area contributed by atoms with E-state index in [9.17, 15) is 5.11 Å². The Morgan fingerprint density at radius 1 is 1.18 bits per heavy atom. The van der Waals surface area contributed by atoms with Gasteiger partial charge in [-0.15, -0.1) is 0 Å². The molecular formula is C14H18N2O. The molecule has 0 aliphatic rings. The fourth-order valence-corrected chi connectivity index (χ4v) is 2.02. The number of aryl methyl sites for hydroxylation is 2. The van der Waals surface area contributed by atoms with Crippen molar-refractivity contribution < 1.29 is 5.11 Å². The lowest BCUT2D eigenvalue weighted by Gasteiger charge is -2.02. The van der Waals surface area contributed by atoms with E-state index in [4.69, 9.17) is 0 Å². The number of aromatic hydroxyl groups is 1. The smallest absolute Gasteiger partial charge is 0.217 e. The first-order valence-corrected chi connectivity index (χ1v) is 6.12. The molecule has 3 heteroatoms. The Bertz CT molecular complexity index is 488. The van der Waals surface area contributed by atoms with Gasteiger partial charge in [0.05, 0.1) is 11.3 Å². The van der Waals surface area contributed by atoms with Crippen molar-refractivity contribution in [3.63, 3.8) is 0 Å². The van der Waals surface area contributed by atoms with Crippen molar-refractivity contribution >= 4 is 0 Å². The molecule has 0 aliphatic heterocycles. The molecule has 0 radical (unpaired) electrons. The average Bonchev–Trinajstić information content (AvgIpc) is 2.68. The Morgan fingerprint density at radius 2 is 1.88 bits per heavy atom. The predicted octanol–water partition coefficient (Wildman–Crippen LogP) is 3.23. The van der Waals surface area contributed by atoms with Crippen LogP contribution in [0.4, 0.5) is 0 Å². The van der Waals surface area contributed by atoms with Crippen molar-refractivity contribution in [1.29, 1.82) is 0 Å². The second kappa shape index (κ2) is 5.04. The zero-order chi connectivity index (χ0) is 12.3. The average molecular weight is 230 g/mol. The number of aromatic nitrogens is 2. The van der Waals surface area contributed by atoms with Gasteiger partial charge in [-0.2, -0.15) is 5.10 Å². The highest BCUT2D eigenvalue weighted by molar-refractivity contribution is 5.71. The molecule has 90 valence electrons. The summed E-state index contributed by atoms with van der Waals surface area (Å²) in [5.41, 5.74) is 2.87. The van der Waals surface area contributed by atoms with E-state index in [1.807, 2.05) is 30.3 Å². The molecule has 2 rings (SSSR count). The summed E-state index contributed by atoms with van der Waals surface area (Å²) in [5.74, 6) is 0.287. The molecule has 0 unspecified atom stereocenters. The van der Waals surface area contributed by atoms with Crippen LogP contribution in [-0.4, -0.2) is 14.9 Å². The molecule has 0 saturated heterocycles. The first kappa shape index (κ1) is 11.7. The number of nitrogens with zero attached hydrogens (tertiary/aromatic N) is 2. The van der Waals surface area contributed by atoms with Crippen LogP contribution in [-0.2, 0) is 13.0 Å². The zero-order valence-electron chi connectivity index (χ0n) is 10.3. The quantitative estimate of drug-likeness (QED) is 0.875. The van der Waals surface area contributed by atoms with Crippen LogP contribution in [0.25, 0.3) is 11.1 Å². The summed E-state index contributed by atoms with van der Waals surface area (Å²) in [4.78, 5) is 0. The molecule has 1 aromatic heterocycles. The summed E-state index contributed by atoms with van der Waals surface area (Å²) in [5, 5.41) is 14.7. The lowest BCUT2D eigenvalue weighted by molar-refractivity contribution is 0.398. The Balaban J connectivity index is 2.52. The Morgan fingerprint density at radius 3 is 2.47 bits per heavy atom. The number of benzene rings is 1. The standard InChI is InChI=1S/C14H18N2O/c1-3-10-16-14(17)13(12(4-2)15-16)11-8-6-5-7-9-11/h5-9,17H,3-4,10H2,1-2H3. The second-order valence-electron chi connectivity index (χ2n) is 4.09. The summed E-state index contributed by atoms with van der Waals surface area (Å²) in [6.45, 7) is 4.89. The van der Waals surface area contributed by atoms with E-state index in [0.717, 1.165) is 36.2 Å². The molecule has 1 aromatic carbocycles. The minimum atomic E-state index is 0.287. The van der Waals surface area contributed by atoms with Crippen LogP contribution in [0.2, 0.25) is 0 Å². The molecule has 0 aliphatic carbocycles. The summed E-state index contributed by atoms with van der Waals surface area (Å²) in [6, 6.07) is 9.94. The fourth-order valence-electron chi connectivity index (χ4n) is 2.02. The van der Waals surface area contributed by atoms with Gasteiger partial charge in [-0.1, -0.05) is 44.2 Å². The summed E-state index contributed by atoms with van der Waals surface area (Å²) < 4.78 is 1.70. The molecule has 1 N–H and O–H groups in total. The largest absolute Gasteiger partial charge is 0.493 e. The van der Waals surface area contributed by atoms with Crippen LogP contribution in [0, 0.1) is 0 Å². The number of rotatable bonds is 4. The second-order valence-corrected chi connectivity index (χ2v) is 4.09. The first-order chi connectivity index (χ1) is 8.27. The van der Waals surface area contributed by atoms with Crippen molar-refractivity contribution in [2.45, 2.75) is 33.2 Å². The minimum Gasteiger partial charge on any atom is -0.493 e. The lowest BCUT2D eigenvalue weighted by atomic mass is 10.1. The van der Waals surface area contributed by atoms with E-state index < -0.39 is 0 Å². The zero-order valence-corrected chi connectivity index (χ0v) is 10.3. The van der Waals surface area contributed by atoms with Crippen molar-refractivity contribution in [2.75, 3.05) is 0 Å². The van der Waals surface area contributed by atoms with Crippen molar-refractivity contribution in [1.82, 2.24) is 9.78 Å². The topological polar surface area (TPSA) is 38.0 Å². The molecule has 2 aromatic rings. The third-order valence-electron chi connectivity index (χ3n) is 2.83. The van der Waals surface area contributed by atoms with Crippen molar-refractivity contribution in [3.05, 3.63) is 36.0 Å². The van der Waals surface area contributed by atoms with Gasteiger partial charge in [-0.25, -0.2) is 4.68 Å². The molecule has 0 fully saturated rings. The van der Waals surface area contributed by atoms with Crippen LogP contribution in [0.1, 0.15) is 26.0 Å². The van der Waals surface area contributed by atoms with Crippen LogP contribution in [0.5, 0.6) is 5.88 Å². The maximum absolute atomic E-state index is 10.2. The molecule has 17 heavy (non-hydrogen) atoms. The predicted molar refractivity (Wildman–Crippen MR) is 69.0 cm³/mol. The molecule has 0 spiro atoms. The molecular weight excluding hydrogens is 212 g/mol. The van der Waals surface area contributed by atoms with Crippen LogP contribution in [0.15, 0.2) is 30.3 Å². The lowest BCUT2D eigenvalue weighted by Crippen LogP contribution is -1.98. The van der Waals surface area contributed by atoms with Crippen LogP contribution < -0.4 is 0 Å². The molecule has 3 nitrogen and oxygen atoms in total. The highest BCUT2D eigenvalue weighted by atomic mass is 16.3. The number of hydrogen-bond donors (Lipinski definition) is 1. The summed E-state index contributed by atoms with van der Waals surface area (Å²) in [7, 11) is 0. The third kappa shape index (κ3) is 2.18. The molecule has 1 heterocycles. The highest BCUT2D eigenvalue weighted by Gasteiger charge is 2.16. The van der Waals surface area contributed by atoms with E-state index in [1.54, 1.807) is 4.68 Å². The Labute approximate surface area is 102 Å². The normalized spacial score (nSPS) is 10.7. The van der Waals surface area contributed by atoms with Crippen LogP contribution in [0.3, 0.4) is 0 Å². The minimum absolute atomic E-state index is 0.287. The van der Waals surface area contributed by atoms with Crippen LogP contribution >= 0.6 is 0 Å². The number of hydrogen-bond acceptors (Lipinski definition) is 2. The fraction of sp³-hybridized carbons (Fsp3) is 0.357. The van der Waals surface area contributed by atoms with Crippen molar-refractivity contribution in [2.24, 2.45) is 0 Å². The van der Waals surface area contributed by atoms with Gasteiger partial charge in [0.1, 0.15) is 0 Å². The van der Waals surface area contributed by atoms with Gasteiger partial charge in [0.2, 0.25) is 5.88 Å². The van der Waals surface area contributed by atoms with E-state index >= 15 is 0 Å². The van der Waals surface area contributed by atoms with Gasteiger partial charge in [0.15, 0.2) is 0 Å². The van der Waals surface area contributed by atoms with E-state index in [-0.39, 0.29) is 5.88 Å². The third-order valence-corrected chi connectivity index (χ3v) is 2.83. The Kier molecular flexibility index (Phi) is 3.47. The SMILES string of the molecule is CCCn1nc(CC)c(-c2ccccc2)c1O. The first-order valence-electron chi connectivity index (χ1n) is 6.12. The maximum Gasteiger partial charge on any atom is 0.217 e. The monoisotopic (exact) mass is 230 g/mol. The van der Waals surface area contributed by atoms with E-state index in [2.05, 4.69) is 18.9 Å². The Hall–Kier alpha value is -1.77. The van der Waals surface area contributed by atoms with E-state index in [0.29, 0.717) is 0 Å². The molecule has 0 bridgehead atoms. The van der Waals surface area contributed by atoms with Gasteiger partial charge in [0.25, 0.3) is 0 Å². The van der Waals surface area contributed by atoms with Crippen molar-refractivity contribution in [3.8, 4) is 17.0 Å². The van der Waals surface area contributed by atoms with Gasteiger partial charge in [-0.3, -0.25) is 0 Å². The van der Waals surface area contributed by atoms with Gasteiger partial charge in [0, 0.05) is 6.54 Å². The van der Waals surface area contributed by atoms with E-state index in [1.165, 1.54) is 0 Å². The summed E-state index contributed by atoms with van der Waals surface area (Å²) in [6.07, 6.45) is 1.79. The highest BCUT2D eigenvalue weighted by Crippen LogP contribution is 2.32. The maximum atomic E-state index is 10.2. The van der Waals surface area contributed by atoms with Gasteiger partial charge < -0.3 is 5.11 Å². The molecule has 0 atom stereocenters. The van der Waals surface area contributed by atoms with Gasteiger partial charge in [-0.05, 0) is 18.4 Å². The van der Waals surface area contributed by atoms with Gasteiger partial charge >= 0.3 is 0 Å². The molecule has 0 amide bonds.